The van der Waals surface area contributed by atoms with Gasteiger partial charge in [0.25, 0.3) is 0 Å². The van der Waals surface area contributed by atoms with E-state index in [1.165, 1.54) is 29.2 Å². The fourth-order valence-corrected chi connectivity index (χ4v) is 2.76. The van der Waals surface area contributed by atoms with Gasteiger partial charge in [0.05, 0.1) is 0 Å². The van der Waals surface area contributed by atoms with Crippen LogP contribution in [0.1, 0.15) is 12.8 Å². The lowest BCUT2D eigenvalue weighted by Crippen LogP contribution is -2.45. The molecule has 2 aromatic rings. The van der Waals surface area contributed by atoms with E-state index in [4.69, 9.17) is 0 Å². The second kappa shape index (κ2) is 7.12. The highest BCUT2D eigenvalue weighted by Crippen LogP contribution is 2.21. The number of amides is 3. The number of rotatable bonds is 3. The van der Waals surface area contributed by atoms with Crippen LogP contribution in [0.5, 0.6) is 0 Å². The number of benzene rings is 2. The second-order valence-corrected chi connectivity index (χ2v) is 5.64. The third-order valence-electron chi connectivity index (χ3n) is 3.95. The van der Waals surface area contributed by atoms with Crippen molar-refractivity contribution in [2.45, 2.75) is 18.9 Å². The molecular formula is C18H18FN3O2. The lowest BCUT2D eigenvalue weighted by Gasteiger charge is -2.24. The number of urea groups is 1. The third-order valence-corrected chi connectivity index (χ3v) is 3.95. The molecule has 1 aliphatic heterocycles. The van der Waals surface area contributed by atoms with Crippen LogP contribution in [0.3, 0.4) is 0 Å². The zero-order chi connectivity index (χ0) is 16.9. The zero-order valence-corrected chi connectivity index (χ0v) is 13.0. The van der Waals surface area contributed by atoms with Crippen LogP contribution in [0.4, 0.5) is 20.6 Å². The van der Waals surface area contributed by atoms with Crippen LogP contribution in [0.25, 0.3) is 0 Å². The van der Waals surface area contributed by atoms with Gasteiger partial charge in [0.2, 0.25) is 5.91 Å². The predicted molar refractivity (Wildman–Crippen MR) is 90.2 cm³/mol. The number of carbonyl (C=O) groups is 2. The number of likely N-dealkylation sites (tertiary alicyclic amines) is 1. The van der Waals surface area contributed by atoms with Crippen LogP contribution >= 0.6 is 0 Å². The summed E-state index contributed by atoms with van der Waals surface area (Å²) >= 11 is 0. The number of hydrogen-bond donors (Lipinski definition) is 2. The standard InChI is InChI=1S/C18H18FN3O2/c19-13-8-10-15(11-9-13)21-18(24)22-12-4-7-16(22)17(23)20-14-5-2-1-3-6-14/h1-3,5-6,8-11,16H,4,7,12H2,(H,20,23)(H,21,24)/t16-/m1/s1. The van der Waals surface area contributed by atoms with Gasteiger partial charge >= 0.3 is 6.03 Å². The Kier molecular flexibility index (Phi) is 4.74. The van der Waals surface area contributed by atoms with Crippen molar-refractivity contribution in [3.8, 4) is 0 Å². The number of nitrogens with one attached hydrogen (secondary N) is 2. The Morgan fingerprint density at radius 1 is 0.958 bits per heavy atom. The molecule has 5 nitrogen and oxygen atoms in total. The molecule has 0 aliphatic carbocycles. The van der Waals surface area contributed by atoms with E-state index in [2.05, 4.69) is 10.6 Å². The minimum absolute atomic E-state index is 0.201. The first-order valence-electron chi connectivity index (χ1n) is 7.82. The van der Waals surface area contributed by atoms with Gasteiger partial charge in [0, 0.05) is 17.9 Å². The molecule has 3 amide bonds. The fraction of sp³-hybridized carbons (Fsp3) is 0.222. The summed E-state index contributed by atoms with van der Waals surface area (Å²) in [7, 11) is 0. The minimum Gasteiger partial charge on any atom is -0.324 e. The van der Waals surface area contributed by atoms with Crippen molar-refractivity contribution in [1.29, 1.82) is 0 Å². The van der Waals surface area contributed by atoms with Crippen molar-refractivity contribution in [1.82, 2.24) is 4.90 Å². The van der Waals surface area contributed by atoms with E-state index >= 15 is 0 Å². The van der Waals surface area contributed by atoms with Crippen molar-refractivity contribution in [3.05, 3.63) is 60.4 Å². The van der Waals surface area contributed by atoms with E-state index in [0.29, 0.717) is 24.3 Å². The Bertz CT molecular complexity index is 719. The van der Waals surface area contributed by atoms with Crippen molar-refractivity contribution < 1.29 is 14.0 Å². The summed E-state index contributed by atoms with van der Waals surface area (Å²) < 4.78 is 12.9. The van der Waals surface area contributed by atoms with Gasteiger partial charge in [-0.25, -0.2) is 9.18 Å². The Morgan fingerprint density at radius 3 is 2.33 bits per heavy atom. The van der Waals surface area contributed by atoms with Gasteiger partial charge < -0.3 is 15.5 Å². The van der Waals surface area contributed by atoms with Crippen LogP contribution in [0, 0.1) is 5.82 Å². The summed E-state index contributed by atoms with van der Waals surface area (Å²) in [5.41, 5.74) is 1.20. The van der Waals surface area contributed by atoms with Gasteiger partial charge in [-0.15, -0.1) is 0 Å². The van der Waals surface area contributed by atoms with E-state index in [1.54, 1.807) is 12.1 Å². The number of hydrogen-bond acceptors (Lipinski definition) is 2. The molecule has 1 fully saturated rings. The SMILES string of the molecule is O=C(Nc1ccccc1)[C@H]1CCCN1C(=O)Nc1ccc(F)cc1. The Morgan fingerprint density at radius 2 is 1.62 bits per heavy atom. The number of nitrogens with zero attached hydrogens (tertiary/aromatic N) is 1. The van der Waals surface area contributed by atoms with Crippen LogP contribution in [0.15, 0.2) is 54.6 Å². The largest absolute Gasteiger partial charge is 0.324 e. The normalized spacial score (nSPS) is 16.7. The van der Waals surface area contributed by atoms with E-state index in [1.807, 2.05) is 18.2 Å². The zero-order valence-electron chi connectivity index (χ0n) is 13.0. The van der Waals surface area contributed by atoms with Crippen molar-refractivity contribution in [2.24, 2.45) is 0 Å². The highest BCUT2D eigenvalue weighted by Gasteiger charge is 2.34. The molecule has 1 aliphatic rings. The maximum atomic E-state index is 12.9. The molecule has 24 heavy (non-hydrogen) atoms. The molecule has 1 heterocycles. The molecule has 0 spiro atoms. The van der Waals surface area contributed by atoms with Gasteiger partial charge in [-0.3, -0.25) is 4.79 Å². The molecule has 1 atom stereocenters. The summed E-state index contributed by atoms with van der Waals surface area (Å²) in [5, 5.41) is 5.53. The number of anilines is 2. The molecule has 2 aromatic carbocycles. The summed E-state index contributed by atoms with van der Waals surface area (Å²) in [4.78, 5) is 26.4. The summed E-state index contributed by atoms with van der Waals surface area (Å²) in [6.45, 7) is 0.514. The highest BCUT2D eigenvalue weighted by molar-refractivity contribution is 5.99. The van der Waals surface area contributed by atoms with E-state index < -0.39 is 6.04 Å². The quantitative estimate of drug-likeness (QED) is 0.907. The Labute approximate surface area is 139 Å². The first-order valence-corrected chi connectivity index (χ1v) is 7.82. The first-order chi connectivity index (χ1) is 11.6. The highest BCUT2D eigenvalue weighted by atomic mass is 19.1. The average molecular weight is 327 g/mol. The molecule has 1 saturated heterocycles. The van der Waals surface area contributed by atoms with Crippen LogP contribution in [-0.4, -0.2) is 29.4 Å². The van der Waals surface area contributed by atoms with Gasteiger partial charge in [-0.2, -0.15) is 0 Å². The number of para-hydroxylation sites is 1. The fourth-order valence-electron chi connectivity index (χ4n) is 2.76. The molecule has 0 saturated carbocycles. The molecule has 0 radical (unpaired) electrons. The Hall–Kier alpha value is -2.89. The van der Waals surface area contributed by atoms with E-state index in [-0.39, 0.29) is 17.8 Å². The molecule has 3 rings (SSSR count). The summed E-state index contributed by atoms with van der Waals surface area (Å²) in [6, 6.07) is 13.8. The van der Waals surface area contributed by atoms with E-state index in [0.717, 1.165) is 6.42 Å². The van der Waals surface area contributed by atoms with Gasteiger partial charge in [-0.05, 0) is 49.2 Å². The lowest BCUT2D eigenvalue weighted by atomic mass is 10.2. The monoisotopic (exact) mass is 327 g/mol. The molecule has 0 aromatic heterocycles. The van der Waals surface area contributed by atoms with Crippen LogP contribution in [-0.2, 0) is 4.79 Å². The second-order valence-electron chi connectivity index (χ2n) is 5.64. The van der Waals surface area contributed by atoms with E-state index in [9.17, 15) is 14.0 Å². The third kappa shape index (κ3) is 3.71. The summed E-state index contributed by atoms with van der Waals surface area (Å²) in [5.74, 6) is -0.567. The Balaban J connectivity index is 1.65. The molecule has 124 valence electrons. The van der Waals surface area contributed by atoms with Crippen molar-refractivity contribution in [3.63, 3.8) is 0 Å². The molecule has 0 bridgehead atoms. The summed E-state index contributed by atoms with van der Waals surface area (Å²) in [6.07, 6.45) is 1.39. The number of halogens is 1. The van der Waals surface area contributed by atoms with Gasteiger partial charge in [0.15, 0.2) is 0 Å². The average Bonchev–Trinajstić information content (AvgIpc) is 3.08. The van der Waals surface area contributed by atoms with Crippen LogP contribution < -0.4 is 10.6 Å². The van der Waals surface area contributed by atoms with Crippen molar-refractivity contribution >= 4 is 23.3 Å². The van der Waals surface area contributed by atoms with Gasteiger partial charge in [0.1, 0.15) is 11.9 Å². The first kappa shape index (κ1) is 16.0. The molecule has 0 unspecified atom stereocenters. The topological polar surface area (TPSA) is 61.4 Å². The predicted octanol–water partition coefficient (Wildman–Crippen LogP) is 3.46. The molecular weight excluding hydrogens is 309 g/mol. The smallest absolute Gasteiger partial charge is 0.322 e. The maximum Gasteiger partial charge on any atom is 0.322 e. The molecule has 6 heteroatoms. The van der Waals surface area contributed by atoms with Crippen LogP contribution in [0.2, 0.25) is 0 Å². The van der Waals surface area contributed by atoms with Gasteiger partial charge in [-0.1, -0.05) is 18.2 Å². The molecule has 2 N–H and O–H groups in total. The number of carbonyl (C=O) groups excluding carboxylic acids is 2. The van der Waals surface area contributed by atoms with Crippen molar-refractivity contribution in [2.75, 3.05) is 17.2 Å². The maximum absolute atomic E-state index is 12.9. The lowest BCUT2D eigenvalue weighted by molar-refractivity contribution is -0.119. The minimum atomic E-state index is -0.509.